The summed E-state index contributed by atoms with van der Waals surface area (Å²) < 4.78 is 17.6. The number of phenols is 1. The summed E-state index contributed by atoms with van der Waals surface area (Å²) in [6, 6.07) is 25.4. The van der Waals surface area contributed by atoms with Crippen LogP contribution in [0.5, 0.6) is 11.5 Å². The maximum atomic E-state index is 10.0. The van der Waals surface area contributed by atoms with Gasteiger partial charge in [0, 0.05) is 18.8 Å². The fourth-order valence-corrected chi connectivity index (χ4v) is 6.37. The van der Waals surface area contributed by atoms with Gasteiger partial charge in [0.15, 0.2) is 5.79 Å². The van der Waals surface area contributed by atoms with Gasteiger partial charge in [-0.2, -0.15) is 0 Å². The van der Waals surface area contributed by atoms with Gasteiger partial charge in [-0.1, -0.05) is 48.5 Å². The number of phenolic OH excluding ortho intramolecular Hbond substituents is 1. The second-order valence-corrected chi connectivity index (χ2v) is 10.4. The highest BCUT2D eigenvalue weighted by Crippen LogP contribution is 2.48. The van der Waals surface area contributed by atoms with Gasteiger partial charge in [-0.05, 0) is 84.0 Å². The van der Waals surface area contributed by atoms with Crippen LogP contribution in [-0.4, -0.2) is 30.7 Å². The molecule has 0 amide bonds. The van der Waals surface area contributed by atoms with Gasteiger partial charge in [0.25, 0.3) is 0 Å². The Hall–Kier alpha value is -2.82. The average Bonchev–Trinajstić information content (AvgIpc) is 3.37. The van der Waals surface area contributed by atoms with Crippen LogP contribution in [0.4, 0.5) is 0 Å². The van der Waals surface area contributed by atoms with Crippen molar-refractivity contribution in [3.8, 4) is 11.5 Å². The molecule has 1 saturated heterocycles. The van der Waals surface area contributed by atoms with Crippen LogP contribution in [0.2, 0.25) is 0 Å². The molecule has 1 aliphatic heterocycles. The molecule has 6 rings (SSSR count). The summed E-state index contributed by atoms with van der Waals surface area (Å²) in [7, 11) is 0. The van der Waals surface area contributed by atoms with Gasteiger partial charge < -0.3 is 19.3 Å². The SMILES string of the molecule is Oc1ccc2c(c1)CCC(c1ccccc1)[C@@H]2c1ccc(OCCCC2CC3(C2)OCCO3)cc1. The van der Waals surface area contributed by atoms with Crippen molar-refractivity contribution < 1.29 is 19.3 Å². The molecule has 182 valence electrons. The molecule has 2 aliphatic carbocycles. The number of hydrogen-bond donors (Lipinski definition) is 1. The molecule has 1 unspecified atom stereocenters. The van der Waals surface area contributed by atoms with Crippen LogP contribution in [0.25, 0.3) is 0 Å². The molecular formula is C31H34O4. The summed E-state index contributed by atoms with van der Waals surface area (Å²) in [6.07, 6.45) is 6.34. The van der Waals surface area contributed by atoms with E-state index in [0.29, 0.717) is 17.6 Å². The molecule has 0 aromatic heterocycles. The third-order valence-electron chi connectivity index (χ3n) is 8.09. The van der Waals surface area contributed by atoms with Crippen LogP contribution in [-0.2, 0) is 15.9 Å². The van der Waals surface area contributed by atoms with Gasteiger partial charge in [0.1, 0.15) is 11.5 Å². The molecule has 1 heterocycles. The van der Waals surface area contributed by atoms with Gasteiger partial charge >= 0.3 is 0 Å². The molecule has 3 aromatic rings. The van der Waals surface area contributed by atoms with Crippen LogP contribution in [0.3, 0.4) is 0 Å². The van der Waals surface area contributed by atoms with E-state index in [0.717, 1.165) is 64.1 Å². The molecule has 2 fully saturated rings. The van der Waals surface area contributed by atoms with E-state index in [2.05, 4.69) is 60.7 Å². The Balaban J connectivity index is 1.11. The maximum absolute atomic E-state index is 10.0. The molecule has 4 heteroatoms. The first-order chi connectivity index (χ1) is 17.2. The van der Waals surface area contributed by atoms with Crippen LogP contribution < -0.4 is 4.74 Å². The van der Waals surface area contributed by atoms with Gasteiger partial charge in [0.05, 0.1) is 19.8 Å². The summed E-state index contributed by atoms with van der Waals surface area (Å²) in [5, 5.41) is 10.0. The zero-order valence-corrected chi connectivity index (χ0v) is 20.2. The summed E-state index contributed by atoms with van der Waals surface area (Å²) in [5.74, 6) is 2.42. The molecule has 3 aromatic carbocycles. The Morgan fingerprint density at radius 1 is 0.886 bits per heavy atom. The number of aryl methyl sites for hydroxylation is 1. The number of hydrogen-bond acceptors (Lipinski definition) is 4. The summed E-state index contributed by atoms with van der Waals surface area (Å²) in [6.45, 7) is 2.22. The smallest absolute Gasteiger partial charge is 0.169 e. The Bertz CT molecular complexity index is 1130. The zero-order chi connectivity index (χ0) is 23.7. The minimum absolute atomic E-state index is 0.241. The predicted molar refractivity (Wildman–Crippen MR) is 136 cm³/mol. The molecule has 35 heavy (non-hydrogen) atoms. The lowest BCUT2D eigenvalue weighted by molar-refractivity contribution is -0.231. The van der Waals surface area contributed by atoms with Crippen molar-refractivity contribution in [3.63, 3.8) is 0 Å². The Morgan fingerprint density at radius 2 is 1.66 bits per heavy atom. The summed E-state index contributed by atoms with van der Waals surface area (Å²) in [4.78, 5) is 0. The highest BCUT2D eigenvalue weighted by atomic mass is 16.7. The number of rotatable bonds is 7. The number of aromatic hydroxyl groups is 1. The Kier molecular flexibility index (Phi) is 6.26. The van der Waals surface area contributed by atoms with Crippen LogP contribution >= 0.6 is 0 Å². The molecule has 4 nitrogen and oxygen atoms in total. The van der Waals surface area contributed by atoms with Crippen molar-refractivity contribution in [2.24, 2.45) is 5.92 Å². The van der Waals surface area contributed by atoms with E-state index in [1.807, 2.05) is 12.1 Å². The molecule has 1 N–H and O–H groups in total. The van der Waals surface area contributed by atoms with E-state index >= 15 is 0 Å². The van der Waals surface area contributed by atoms with Crippen molar-refractivity contribution in [2.75, 3.05) is 19.8 Å². The first-order valence-corrected chi connectivity index (χ1v) is 13.1. The largest absolute Gasteiger partial charge is 0.508 e. The molecule has 0 radical (unpaired) electrons. The minimum Gasteiger partial charge on any atom is -0.508 e. The van der Waals surface area contributed by atoms with Crippen molar-refractivity contribution in [1.29, 1.82) is 0 Å². The first-order valence-electron chi connectivity index (χ1n) is 13.1. The average molecular weight is 471 g/mol. The molecule has 1 spiro atoms. The van der Waals surface area contributed by atoms with Crippen molar-refractivity contribution in [2.45, 2.75) is 56.1 Å². The predicted octanol–water partition coefficient (Wildman–Crippen LogP) is 6.57. The van der Waals surface area contributed by atoms with Gasteiger partial charge in [-0.15, -0.1) is 0 Å². The van der Waals surface area contributed by atoms with E-state index in [1.165, 1.54) is 22.3 Å². The Labute approximate surface area is 207 Å². The minimum atomic E-state index is -0.241. The number of benzene rings is 3. The normalized spacial score (nSPS) is 23.1. The Morgan fingerprint density at radius 3 is 2.43 bits per heavy atom. The highest BCUT2D eigenvalue weighted by molar-refractivity contribution is 5.48. The molecule has 2 atom stereocenters. The second-order valence-electron chi connectivity index (χ2n) is 10.4. The third kappa shape index (κ3) is 4.70. The van der Waals surface area contributed by atoms with E-state index in [9.17, 15) is 5.11 Å². The lowest BCUT2D eigenvalue weighted by atomic mass is 9.69. The van der Waals surface area contributed by atoms with Gasteiger partial charge in [-0.25, -0.2) is 0 Å². The van der Waals surface area contributed by atoms with E-state index < -0.39 is 0 Å². The molecular weight excluding hydrogens is 436 g/mol. The van der Waals surface area contributed by atoms with E-state index in [4.69, 9.17) is 14.2 Å². The summed E-state index contributed by atoms with van der Waals surface area (Å²) in [5.41, 5.74) is 5.26. The summed E-state index contributed by atoms with van der Waals surface area (Å²) >= 11 is 0. The maximum Gasteiger partial charge on any atom is 0.169 e. The zero-order valence-electron chi connectivity index (χ0n) is 20.2. The fourth-order valence-electron chi connectivity index (χ4n) is 6.37. The fraction of sp³-hybridized carbons (Fsp3) is 0.419. The molecule has 3 aliphatic rings. The number of ether oxygens (including phenoxy) is 3. The lowest BCUT2D eigenvalue weighted by Crippen LogP contribution is -2.44. The number of fused-ring (bicyclic) bond motifs is 1. The molecule has 1 saturated carbocycles. The van der Waals surface area contributed by atoms with E-state index in [-0.39, 0.29) is 11.7 Å². The standard InChI is InChI=1S/C31H34O4/c32-26-11-15-29-25(19-26)10-14-28(23-6-2-1-3-7-23)30(29)24-8-12-27(13-9-24)33-16-4-5-22-20-31(21-22)34-17-18-35-31/h1-3,6-9,11-13,15,19,22,28,30,32H,4-5,10,14,16-18,20-21H2/t28?,30-/m0/s1. The van der Waals surface area contributed by atoms with Crippen molar-refractivity contribution in [1.82, 2.24) is 0 Å². The topological polar surface area (TPSA) is 47.9 Å². The van der Waals surface area contributed by atoms with Crippen LogP contribution in [0.1, 0.15) is 66.2 Å². The molecule has 0 bridgehead atoms. The highest BCUT2D eigenvalue weighted by Gasteiger charge is 2.48. The monoisotopic (exact) mass is 470 g/mol. The van der Waals surface area contributed by atoms with Gasteiger partial charge in [0.2, 0.25) is 0 Å². The first kappa shape index (κ1) is 22.6. The quantitative estimate of drug-likeness (QED) is 0.397. The third-order valence-corrected chi connectivity index (χ3v) is 8.09. The lowest BCUT2D eigenvalue weighted by Gasteiger charge is -2.43. The second kappa shape index (κ2) is 9.67. The van der Waals surface area contributed by atoms with Crippen LogP contribution in [0.15, 0.2) is 72.8 Å². The van der Waals surface area contributed by atoms with Crippen molar-refractivity contribution >= 4 is 0 Å². The van der Waals surface area contributed by atoms with Crippen LogP contribution in [0, 0.1) is 5.92 Å². The van der Waals surface area contributed by atoms with Crippen molar-refractivity contribution in [3.05, 3.63) is 95.1 Å². The van der Waals surface area contributed by atoms with Gasteiger partial charge in [-0.3, -0.25) is 0 Å². The van der Waals surface area contributed by atoms with E-state index in [1.54, 1.807) is 0 Å².